The molecule has 5 heterocycles. The van der Waals surface area contributed by atoms with Gasteiger partial charge in [0.2, 0.25) is 53.5 Å². The fraction of sp³-hybridized carbons (Fsp3) is 0.558. The van der Waals surface area contributed by atoms with E-state index >= 15 is 0 Å². The Morgan fingerprint density at radius 3 is 1.12 bits per heavy atom. The largest absolute Gasteiger partial charge is 0.497 e. The standard InChI is InChI=1S/C33H46N8O5.C32H44N6O4.C30H46N6O3/c1-3-5-16-34-31-36-32(35-25-26-8-10-27(11-9-26)30(42)7-6-22-46-24-23-45-21-4-2)38-33(37-31)40-19-17-39(18-20-40)28-12-14-29(15-13-28)41(43)44;1-3-19-41-21-22-42-20-7-8-29(39)27-13-9-25(10-14-27)23-33-30-35-31(34-24-26-11-15-28(40-2)16-12-26)37-32(36-30)38-17-5-4-6-18-38;1-2-17-38-19-20-39-18-7-12-27(37)25-15-13-24(14-16-25)22-32-29-34-28(31-21-23-8-4-3-5-9-23)35-30(36-29)33-26-10-6-11-26/h8-15H,3-7,16-25H2,1-2H3,(H2,34,35,36,37,38);9-16H,3-8,17-24H2,1-2H3,(H2,33,34,35,36,37);13-16,23,26H,2-12,17-22H2,1H3,(H3,31,32,33,34,35,36). The molecule has 0 amide bonds. The molecule has 0 atom stereocenters. The zero-order valence-corrected chi connectivity index (χ0v) is 75.4. The van der Waals surface area contributed by atoms with Crippen molar-refractivity contribution >= 4 is 82.3 Å². The van der Waals surface area contributed by atoms with Crippen LogP contribution in [0.1, 0.15) is 222 Å². The normalized spacial score (nSPS) is 14.0. The molecule has 4 aliphatic rings. The van der Waals surface area contributed by atoms with Crippen LogP contribution in [0.4, 0.5) is 64.9 Å². The van der Waals surface area contributed by atoms with E-state index in [9.17, 15) is 24.5 Å². The zero-order chi connectivity index (χ0) is 89.1. The van der Waals surface area contributed by atoms with E-state index in [-0.39, 0.29) is 28.0 Å². The van der Waals surface area contributed by atoms with Gasteiger partial charge in [-0.1, -0.05) is 138 Å². The Labute approximate surface area is 749 Å². The van der Waals surface area contributed by atoms with Gasteiger partial charge >= 0.3 is 0 Å². The minimum Gasteiger partial charge on any atom is -0.497 e. The fourth-order valence-electron chi connectivity index (χ4n) is 14.4. The first-order chi connectivity index (χ1) is 62.3. The second kappa shape index (κ2) is 57.0. The molecule has 0 bridgehead atoms. The summed E-state index contributed by atoms with van der Waals surface area (Å²) in [6.07, 6.45) is 22.1. The number of nitro benzene ring substituents is 1. The number of non-ortho nitro benzene ring substituents is 1. The molecule has 2 aliphatic heterocycles. The van der Waals surface area contributed by atoms with Crippen LogP contribution in [0.15, 0.2) is 121 Å². The fourth-order valence-corrected chi connectivity index (χ4v) is 14.4. The number of carbonyl (C=O) groups excluding carboxylic acids is 3. The summed E-state index contributed by atoms with van der Waals surface area (Å²) in [5.41, 5.74) is 7.37. The van der Waals surface area contributed by atoms with Crippen molar-refractivity contribution in [3.05, 3.63) is 170 Å². The van der Waals surface area contributed by atoms with E-state index in [0.29, 0.717) is 214 Å². The molecule has 0 unspecified atom stereocenters. The second-order valence-electron chi connectivity index (χ2n) is 32.2. The lowest BCUT2D eigenvalue weighted by Crippen LogP contribution is -2.47. The Bertz CT molecular complexity index is 4460. The van der Waals surface area contributed by atoms with Crippen LogP contribution in [0, 0.1) is 16.0 Å². The maximum absolute atomic E-state index is 12.6. The minimum atomic E-state index is -0.386. The number of anilines is 10. The van der Waals surface area contributed by atoms with Crippen molar-refractivity contribution in [2.24, 2.45) is 5.92 Å². The number of unbranched alkanes of at least 4 members (excludes halogenated alkanes) is 1. The van der Waals surface area contributed by atoms with Gasteiger partial charge in [-0.25, -0.2) is 0 Å². The molecule has 4 fully saturated rings. The highest BCUT2D eigenvalue weighted by Crippen LogP contribution is 2.29. The predicted molar refractivity (Wildman–Crippen MR) is 501 cm³/mol. The summed E-state index contributed by atoms with van der Waals surface area (Å²) in [6, 6.07) is 38.1. The van der Waals surface area contributed by atoms with Crippen molar-refractivity contribution in [1.82, 2.24) is 44.9 Å². The molecule has 3 aromatic heterocycles. The van der Waals surface area contributed by atoms with Crippen LogP contribution < -0.4 is 56.7 Å². The van der Waals surface area contributed by atoms with Crippen LogP contribution in [0.2, 0.25) is 0 Å². The van der Waals surface area contributed by atoms with E-state index in [4.69, 9.17) is 53.1 Å². The van der Waals surface area contributed by atoms with E-state index in [2.05, 4.69) is 105 Å². The third-order valence-electron chi connectivity index (χ3n) is 22.1. The summed E-state index contributed by atoms with van der Waals surface area (Å²) in [5, 5.41) is 34.6. The molecule has 32 nitrogen and oxygen atoms in total. The van der Waals surface area contributed by atoms with Crippen LogP contribution in [0.5, 0.6) is 5.75 Å². The Hall–Kier alpha value is -10.9. The van der Waals surface area contributed by atoms with Crippen LogP contribution in [-0.2, 0) is 54.6 Å². The van der Waals surface area contributed by atoms with Crippen LogP contribution >= 0.6 is 0 Å². The third kappa shape index (κ3) is 36.4. The summed E-state index contributed by atoms with van der Waals surface area (Å²) < 4.78 is 38.1. The van der Waals surface area contributed by atoms with Crippen molar-refractivity contribution < 1.29 is 52.5 Å². The summed E-state index contributed by atoms with van der Waals surface area (Å²) >= 11 is 0. The van der Waals surface area contributed by atoms with Gasteiger partial charge in [0.15, 0.2) is 17.3 Å². The molecule has 2 aliphatic carbocycles. The second-order valence-corrected chi connectivity index (χ2v) is 32.2. The highest BCUT2D eigenvalue weighted by atomic mass is 16.6. The Morgan fingerprint density at radius 2 is 0.732 bits per heavy atom. The average Bonchev–Trinajstić information content (AvgIpc) is 0.825. The smallest absolute Gasteiger partial charge is 0.269 e. The lowest BCUT2D eigenvalue weighted by molar-refractivity contribution is -0.384. The molecule has 7 N–H and O–H groups in total. The lowest BCUT2D eigenvalue weighted by atomic mass is 9.89. The highest BCUT2D eigenvalue weighted by molar-refractivity contribution is 5.97. The van der Waals surface area contributed by atoms with E-state index < -0.39 is 0 Å². The van der Waals surface area contributed by atoms with E-state index in [0.717, 1.165) is 156 Å². The van der Waals surface area contributed by atoms with Gasteiger partial charge < -0.3 is 85.1 Å². The zero-order valence-electron chi connectivity index (χ0n) is 75.4. The maximum Gasteiger partial charge on any atom is 0.269 e. The number of benzene rings is 5. The first-order valence-corrected chi connectivity index (χ1v) is 46.2. The molecule has 2 saturated carbocycles. The van der Waals surface area contributed by atoms with Gasteiger partial charge in [-0.3, -0.25) is 24.5 Å². The molecule has 127 heavy (non-hydrogen) atoms. The van der Waals surface area contributed by atoms with Crippen molar-refractivity contribution in [1.29, 1.82) is 0 Å². The van der Waals surface area contributed by atoms with Gasteiger partial charge in [0.25, 0.3) is 5.69 Å². The molecule has 688 valence electrons. The van der Waals surface area contributed by atoms with Crippen LogP contribution in [0.3, 0.4) is 0 Å². The van der Waals surface area contributed by atoms with Gasteiger partial charge in [0, 0.05) is 178 Å². The number of carbonyl (C=O) groups is 3. The molecule has 8 aromatic rings. The van der Waals surface area contributed by atoms with Crippen LogP contribution in [0.25, 0.3) is 0 Å². The quantitative estimate of drug-likeness (QED) is 0.00805. The molecule has 32 heteroatoms. The van der Waals surface area contributed by atoms with E-state index in [1.807, 2.05) is 97.1 Å². The Kier molecular flexibility index (Phi) is 44.1. The van der Waals surface area contributed by atoms with Gasteiger partial charge in [0.1, 0.15) is 5.75 Å². The molecular weight excluding hydrogens is 1610 g/mol. The monoisotopic (exact) mass is 1750 g/mol. The summed E-state index contributed by atoms with van der Waals surface area (Å²) in [4.78, 5) is 97.0. The van der Waals surface area contributed by atoms with Gasteiger partial charge in [-0.2, -0.15) is 44.9 Å². The number of ketones is 3. The minimum absolute atomic E-state index is 0.0845. The third-order valence-corrected chi connectivity index (χ3v) is 22.1. The van der Waals surface area contributed by atoms with Crippen molar-refractivity contribution in [2.75, 3.05) is 191 Å². The molecule has 5 aromatic carbocycles. The van der Waals surface area contributed by atoms with E-state index in [1.54, 1.807) is 19.2 Å². The van der Waals surface area contributed by atoms with Gasteiger partial charge in [-0.05, 0) is 149 Å². The molecule has 0 radical (unpaired) electrons. The van der Waals surface area contributed by atoms with Crippen molar-refractivity contribution in [3.8, 4) is 5.75 Å². The Balaban J connectivity index is 0.000000199. The number of nitro groups is 1. The summed E-state index contributed by atoms with van der Waals surface area (Å²) in [6.45, 7) is 24.4. The van der Waals surface area contributed by atoms with Gasteiger partial charge in [-0.15, -0.1) is 0 Å². The number of hydrogen-bond acceptors (Lipinski definition) is 31. The maximum atomic E-state index is 12.6. The number of nitrogens with one attached hydrogen (secondary N) is 7. The number of hydrogen-bond donors (Lipinski definition) is 7. The number of aromatic nitrogens is 9. The van der Waals surface area contributed by atoms with E-state index in [1.165, 1.54) is 57.1 Å². The van der Waals surface area contributed by atoms with Crippen molar-refractivity contribution in [3.63, 3.8) is 0 Å². The number of ether oxygens (including phenoxy) is 7. The Morgan fingerprint density at radius 1 is 0.370 bits per heavy atom. The number of nitrogens with zero attached hydrogens (tertiary/aromatic N) is 13. The first kappa shape index (κ1) is 98.3. The topological polar surface area (TPSA) is 369 Å². The van der Waals surface area contributed by atoms with Crippen LogP contribution in [-0.4, -0.2) is 212 Å². The first-order valence-electron chi connectivity index (χ1n) is 46.2. The SMILES string of the molecule is CCCCNc1nc(NCc2ccc(C(=O)CCCOCCOCCC)cc2)nc(N2CCN(c3ccc([N+](=O)[O-])cc3)CC2)n1.CCCOCCOCCCC(=O)c1ccc(CNc2nc(NCC3CCCCC3)nc(NC3CCC3)n2)cc1.CCCOCCOCCCC(=O)c1ccc(CNc2nc(NCc3ccc(OC)cc3)nc(N3CCCCC3)n2)cc1. The summed E-state index contributed by atoms with van der Waals surface area (Å²) in [7, 11) is 1.66. The molecule has 2 saturated heterocycles. The number of piperidine rings is 1. The molecule has 0 spiro atoms. The number of piperazine rings is 1. The number of rotatable bonds is 56. The number of Topliss-reactive ketones (excluding diaryl/α,β-unsaturated/α-hetero) is 3. The van der Waals surface area contributed by atoms with Gasteiger partial charge in [0.05, 0.1) is 51.7 Å². The highest BCUT2D eigenvalue weighted by Gasteiger charge is 2.25. The lowest BCUT2D eigenvalue weighted by Gasteiger charge is -2.36. The number of methoxy groups -OCH3 is 1. The predicted octanol–water partition coefficient (Wildman–Crippen LogP) is 16.7. The average molecular weight is 1750 g/mol. The molecule has 12 rings (SSSR count). The summed E-state index contributed by atoms with van der Waals surface area (Å²) in [5.74, 6) is 7.00. The van der Waals surface area contributed by atoms with Crippen molar-refractivity contribution in [2.45, 2.75) is 201 Å². The molecular formula is C95H136N20O12.